The summed E-state index contributed by atoms with van der Waals surface area (Å²) in [5.74, 6) is -0.968. The molecule has 1 heterocycles. The molecule has 1 aliphatic rings. The Kier molecular flexibility index (Phi) is 5.20. The van der Waals surface area contributed by atoms with Crippen LogP contribution < -0.4 is 5.32 Å². The maximum atomic E-state index is 13.1. The Bertz CT molecular complexity index is 1110. The van der Waals surface area contributed by atoms with Gasteiger partial charge < -0.3 is 5.32 Å². The predicted octanol–water partition coefficient (Wildman–Crippen LogP) is 3.48. The van der Waals surface area contributed by atoms with Crippen molar-refractivity contribution in [3.63, 3.8) is 0 Å². The van der Waals surface area contributed by atoms with Crippen molar-refractivity contribution in [1.82, 2.24) is 10.2 Å². The molecule has 1 atom stereocenters. The van der Waals surface area contributed by atoms with E-state index in [0.717, 1.165) is 27.2 Å². The number of aryl methyl sites for hydroxylation is 1. The van der Waals surface area contributed by atoms with Crippen LogP contribution >= 0.6 is 0 Å². The standard InChI is InChI=1S/C22H23N3O5/c1-12-9-18(15(4)14(3)13(12)2)19(26)11-24-20(27)22(5,23-21(24)28)16-7-6-8-17(10-16)25(29)30/h6-10H,11H2,1-5H3,(H,23,28). The van der Waals surface area contributed by atoms with Gasteiger partial charge in [0.1, 0.15) is 5.54 Å². The highest BCUT2D eigenvalue weighted by molar-refractivity contribution is 6.11. The van der Waals surface area contributed by atoms with Gasteiger partial charge in [-0.1, -0.05) is 12.1 Å². The second kappa shape index (κ2) is 7.37. The lowest BCUT2D eigenvalue weighted by Gasteiger charge is -2.22. The van der Waals surface area contributed by atoms with E-state index in [4.69, 9.17) is 0 Å². The molecule has 8 heteroatoms. The third kappa shape index (κ3) is 3.34. The van der Waals surface area contributed by atoms with E-state index >= 15 is 0 Å². The molecule has 0 bridgehead atoms. The van der Waals surface area contributed by atoms with Gasteiger partial charge in [0.25, 0.3) is 11.6 Å². The van der Waals surface area contributed by atoms with Crippen LogP contribution in [0.15, 0.2) is 30.3 Å². The molecule has 0 aromatic heterocycles. The van der Waals surface area contributed by atoms with Gasteiger partial charge in [0.2, 0.25) is 0 Å². The number of carbonyl (C=O) groups excluding carboxylic acids is 3. The number of non-ortho nitro benzene ring substituents is 1. The Hall–Kier alpha value is -3.55. The number of ketones is 1. The summed E-state index contributed by atoms with van der Waals surface area (Å²) in [5.41, 5.74) is 2.94. The third-order valence-electron chi connectivity index (χ3n) is 5.99. The van der Waals surface area contributed by atoms with Crippen LogP contribution in [0.4, 0.5) is 10.5 Å². The second-order valence-corrected chi connectivity index (χ2v) is 7.79. The Morgan fingerprint density at radius 1 is 1.10 bits per heavy atom. The van der Waals surface area contributed by atoms with E-state index in [2.05, 4.69) is 5.32 Å². The van der Waals surface area contributed by atoms with Crippen LogP contribution in [-0.2, 0) is 10.3 Å². The van der Waals surface area contributed by atoms with Crippen molar-refractivity contribution in [3.05, 3.63) is 73.8 Å². The maximum Gasteiger partial charge on any atom is 0.325 e. The van der Waals surface area contributed by atoms with Gasteiger partial charge in [-0.25, -0.2) is 4.79 Å². The largest absolute Gasteiger partial charge is 0.325 e. The lowest BCUT2D eigenvalue weighted by atomic mass is 9.91. The molecule has 30 heavy (non-hydrogen) atoms. The number of nitro groups is 1. The van der Waals surface area contributed by atoms with Crippen molar-refractivity contribution in [2.45, 2.75) is 40.2 Å². The molecule has 0 radical (unpaired) electrons. The van der Waals surface area contributed by atoms with Gasteiger partial charge >= 0.3 is 6.03 Å². The molecule has 1 unspecified atom stereocenters. The van der Waals surface area contributed by atoms with E-state index in [1.807, 2.05) is 27.7 Å². The number of nitrogens with zero attached hydrogens (tertiary/aromatic N) is 2. The molecule has 1 N–H and O–H groups in total. The normalized spacial score (nSPS) is 18.5. The first-order valence-electron chi connectivity index (χ1n) is 9.47. The van der Waals surface area contributed by atoms with E-state index < -0.39 is 28.9 Å². The zero-order valence-corrected chi connectivity index (χ0v) is 17.5. The first-order chi connectivity index (χ1) is 14.0. The van der Waals surface area contributed by atoms with Crippen LogP contribution in [0.3, 0.4) is 0 Å². The number of rotatable bonds is 5. The van der Waals surface area contributed by atoms with Gasteiger partial charge in [0.15, 0.2) is 5.78 Å². The number of carbonyl (C=O) groups is 3. The first kappa shape index (κ1) is 21.2. The average molecular weight is 409 g/mol. The minimum absolute atomic E-state index is 0.188. The maximum absolute atomic E-state index is 13.1. The summed E-state index contributed by atoms with van der Waals surface area (Å²) in [6.45, 7) is 8.73. The fourth-order valence-corrected chi connectivity index (χ4v) is 3.70. The minimum atomic E-state index is -1.49. The third-order valence-corrected chi connectivity index (χ3v) is 5.99. The average Bonchev–Trinajstić information content (AvgIpc) is 2.93. The van der Waals surface area contributed by atoms with Crippen molar-refractivity contribution in [3.8, 4) is 0 Å². The summed E-state index contributed by atoms with van der Waals surface area (Å²) in [7, 11) is 0. The number of hydrogen-bond acceptors (Lipinski definition) is 5. The molecule has 1 saturated heterocycles. The molecular formula is C22H23N3O5. The molecular weight excluding hydrogens is 386 g/mol. The molecule has 0 aliphatic carbocycles. The summed E-state index contributed by atoms with van der Waals surface area (Å²) < 4.78 is 0. The molecule has 8 nitrogen and oxygen atoms in total. The number of nitrogens with one attached hydrogen (secondary N) is 1. The number of amides is 3. The van der Waals surface area contributed by atoms with Gasteiger partial charge in [0.05, 0.1) is 11.5 Å². The Morgan fingerprint density at radius 3 is 2.40 bits per heavy atom. The van der Waals surface area contributed by atoms with Crippen molar-refractivity contribution in [2.24, 2.45) is 0 Å². The van der Waals surface area contributed by atoms with Crippen LogP contribution in [0.5, 0.6) is 0 Å². The van der Waals surface area contributed by atoms with E-state index in [-0.39, 0.29) is 17.0 Å². The van der Waals surface area contributed by atoms with Crippen LogP contribution in [0.2, 0.25) is 0 Å². The topological polar surface area (TPSA) is 110 Å². The monoisotopic (exact) mass is 409 g/mol. The van der Waals surface area contributed by atoms with Crippen molar-refractivity contribution < 1.29 is 19.3 Å². The number of nitro benzene ring substituents is 1. The highest BCUT2D eigenvalue weighted by Gasteiger charge is 2.49. The number of Topliss-reactive ketones (excluding diaryl/α,β-unsaturated/α-hetero) is 1. The molecule has 0 spiro atoms. The summed E-state index contributed by atoms with van der Waals surface area (Å²) in [5, 5.41) is 13.7. The number of benzene rings is 2. The Labute approximate surface area is 174 Å². The Morgan fingerprint density at radius 2 is 1.77 bits per heavy atom. The fraction of sp³-hybridized carbons (Fsp3) is 0.318. The van der Waals surface area contributed by atoms with Crippen LogP contribution in [0.25, 0.3) is 0 Å². The van der Waals surface area contributed by atoms with Gasteiger partial charge in [-0.05, 0) is 68.5 Å². The van der Waals surface area contributed by atoms with Gasteiger partial charge in [0, 0.05) is 17.7 Å². The van der Waals surface area contributed by atoms with Crippen molar-refractivity contribution in [2.75, 3.05) is 6.54 Å². The van der Waals surface area contributed by atoms with E-state index in [9.17, 15) is 24.5 Å². The van der Waals surface area contributed by atoms with Gasteiger partial charge in [-0.2, -0.15) is 0 Å². The van der Waals surface area contributed by atoms with Crippen LogP contribution in [-0.4, -0.2) is 34.1 Å². The predicted molar refractivity (Wildman–Crippen MR) is 110 cm³/mol. The first-order valence-corrected chi connectivity index (χ1v) is 9.47. The van der Waals surface area contributed by atoms with Gasteiger partial charge in [-0.15, -0.1) is 0 Å². The molecule has 2 aromatic carbocycles. The molecule has 0 saturated carbocycles. The summed E-state index contributed by atoms with van der Waals surface area (Å²) >= 11 is 0. The molecule has 3 amide bonds. The molecule has 2 aromatic rings. The zero-order chi connectivity index (χ0) is 22.4. The van der Waals surface area contributed by atoms with E-state index in [1.54, 1.807) is 6.07 Å². The van der Waals surface area contributed by atoms with Crippen LogP contribution in [0.1, 0.15) is 45.1 Å². The molecule has 1 aliphatic heterocycles. The zero-order valence-electron chi connectivity index (χ0n) is 17.5. The molecule has 1 fully saturated rings. The number of hydrogen-bond donors (Lipinski definition) is 1. The number of imide groups is 1. The Balaban J connectivity index is 1.92. The van der Waals surface area contributed by atoms with Crippen molar-refractivity contribution in [1.29, 1.82) is 0 Å². The summed E-state index contributed by atoms with van der Waals surface area (Å²) in [6, 6.07) is 6.61. The highest BCUT2D eigenvalue weighted by atomic mass is 16.6. The van der Waals surface area contributed by atoms with Crippen molar-refractivity contribution >= 4 is 23.4 Å². The highest BCUT2D eigenvalue weighted by Crippen LogP contribution is 2.31. The molecule has 156 valence electrons. The van der Waals surface area contributed by atoms with Gasteiger partial charge in [-0.3, -0.25) is 24.6 Å². The molecule has 3 rings (SSSR count). The smallest absolute Gasteiger partial charge is 0.319 e. The lowest BCUT2D eigenvalue weighted by Crippen LogP contribution is -2.41. The fourth-order valence-electron chi connectivity index (χ4n) is 3.70. The second-order valence-electron chi connectivity index (χ2n) is 7.79. The van der Waals surface area contributed by atoms with E-state index in [1.165, 1.54) is 31.2 Å². The van der Waals surface area contributed by atoms with Crippen LogP contribution in [0, 0.1) is 37.8 Å². The quantitative estimate of drug-likeness (QED) is 0.352. The summed E-state index contributed by atoms with van der Waals surface area (Å²) in [6.07, 6.45) is 0. The number of urea groups is 1. The summed E-state index contributed by atoms with van der Waals surface area (Å²) in [4.78, 5) is 49.9. The minimum Gasteiger partial charge on any atom is -0.319 e. The van der Waals surface area contributed by atoms with E-state index in [0.29, 0.717) is 5.56 Å². The SMILES string of the molecule is Cc1cc(C(=O)CN2C(=O)NC(C)(c3cccc([N+](=O)[O-])c3)C2=O)c(C)c(C)c1C. The lowest BCUT2D eigenvalue weighted by molar-refractivity contribution is -0.385.